The van der Waals surface area contributed by atoms with Gasteiger partial charge in [-0.3, -0.25) is 9.35 Å². The molecule has 2 N–H and O–H groups in total. The van der Waals surface area contributed by atoms with E-state index in [0.29, 0.717) is 6.42 Å². The second-order valence-corrected chi connectivity index (χ2v) is 10.2. The van der Waals surface area contributed by atoms with Crippen LogP contribution < -0.4 is 5.32 Å². The van der Waals surface area contributed by atoms with E-state index in [1.54, 1.807) is 13.8 Å². The summed E-state index contributed by atoms with van der Waals surface area (Å²) >= 11 is 0. The second-order valence-electron chi connectivity index (χ2n) is 8.76. The van der Waals surface area contributed by atoms with Crippen molar-refractivity contribution < 1.29 is 17.8 Å². The van der Waals surface area contributed by atoms with Crippen LogP contribution in [-0.4, -0.2) is 30.2 Å². The Morgan fingerprint density at radius 1 is 1.09 bits per heavy atom. The molecule has 1 amide bonds. The zero-order valence-electron chi connectivity index (χ0n) is 15.3. The van der Waals surface area contributed by atoms with Crippen LogP contribution >= 0.6 is 0 Å². The van der Waals surface area contributed by atoms with Gasteiger partial charge in [0, 0.05) is 5.92 Å². The summed E-state index contributed by atoms with van der Waals surface area (Å²) in [5.41, 5.74) is -1.21. The molecule has 5 nitrogen and oxygen atoms in total. The van der Waals surface area contributed by atoms with E-state index in [1.165, 1.54) is 0 Å². The lowest BCUT2D eigenvalue weighted by Gasteiger charge is -2.38. The summed E-state index contributed by atoms with van der Waals surface area (Å²) in [7, 11) is -4.14. The molecule has 0 rings (SSSR count). The van der Waals surface area contributed by atoms with E-state index < -0.39 is 21.4 Å². The van der Waals surface area contributed by atoms with Gasteiger partial charge >= 0.3 is 0 Å². The Hall–Kier alpha value is -0.620. The summed E-state index contributed by atoms with van der Waals surface area (Å²) in [6.45, 7) is 15.6. The first-order valence-electron chi connectivity index (χ1n) is 7.76. The van der Waals surface area contributed by atoms with Crippen molar-refractivity contribution in [2.75, 3.05) is 5.75 Å². The van der Waals surface area contributed by atoms with Gasteiger partial charge < -0.3 is 5.32 Å². The number of hydrogen-bond donors (Lipinski definition) is 2. The van der Waals surface area contributed by atoms with Gasteiger partial charge in [-0.25, -0.2) is 0 Å². The molecular weight excluding hydrogens is 302 g/mol. The molecule has 0 bridgehead atoms. The molecule has 0 aliphatic carbocycles. The van der Waals surface area contributed by atoms with Crippen LogP contribution in [0.2, 0.25) is 0 Å². The highest BCUT2D eigenvalue weighted by molar-refractivity contribution is 7.85. The molecule has 0 saturated carbocycles. The summed E-state index contributed by atoms with van der Waals surface area (Å²) in [6, 6.07) is 0. The molecule has 0 aliphatic rings. The van der Waals surface area contributed by atoms with Crippen LogP contribution in [0, 0.1) is 16.7 Å². The first-order valence-corrected chi connectivity index (χ1v) is 9.37. The Bertz CT molecular complexity index is 487. The number of hydrogen-bond acceptors (Lipinski definition) is 3. The lowest BCUT2D eigenvalue weighted by atomic mass is 9.69. The van der Waals surface area contributed by atoms with E-state index in [-0.39, 0.29) is 22.7 Å². The average Bonchev–Trinajstić information content (AvgIpc) is 2.20. The van der Waals surface area contributed by atoms with Crippen LogP contribution in [0.3, 0.4) is 0 Å². The molecule has 22 heavy (non-hydrogen) atoms. The van der Waals surface area contributed by atoms with Crippen molar-refractivity contribution in [2.45, 2.75) is 73.8 Å². The molecule has 0 radical (unpaired) electrons. The molecule has 0 spiro atoms. The Balaban J connectivity index is 5.30. The van der Waals surface area contributed by atoms with Crippen molar-refractivity contribution in [3.8, 4) is 0 Å². The summed E-state index contributed by atoms with van der Waals surface area (Å²) in [6.07, 6.45) is 1.56. The molecule has 132 valence electrons. The van der Waals surface area contributed by atoms with Gasteiger partial charge in [0.1, 0.15) is 0 Å². The average molecular weight is 336 g/mol. The number of carbonyl (C=O) groups is 1. The molecule has 1 unspecified atom stereocenters. The van der Waals surface area contributed by atoms with Crippen molar-refractivity contribution in [1.82, 2.24) is 5.32 Å². The van der Waals surface area contributed by atoms with Crippen molar-refractivity contribution in [1.29, 1.82) is 0 Å². The number of carbonyl (C=O) groups excluding carboxylic acids is 1. The molecule has 0 saturated heterocycles. The first-order chi connectivity index (χ1) is 9.49. The molecule has 0 heterocycles. The quantitative estimate of drug-likeness (QED) is 0.700. The normalized spacial score (nSPS) is 15.5. The van der Waals surface area contributed by atoms with Crippen molar-refractivity contribution in [3.05, 3.63) is 0 Å². The van der Waals surface area contributed by atoms with E-state index in [2.05, 4.69) is 39.9 Å². The van der Waals surface area contributed by atoms with Gasteiger partial charge in [-0.15, -0.1) is 0 Å². The molecule has 1 atom stereocenters. The Morgan fingerprint density at radius 3 is 1.86 bits per heavy atom. The van der Waals surface area contributed by atoms with E-state index >= 15 is 0 Å². The van der Waals surface area contributed by atoms with E-state index in [4.69, 9.17) is 4.55 Å². The van der Waals surface area contributed by atoms with Gasteiger partial charge in [0.05, 0.1) is 11.3 Å². The van der Waals surface area contributed by atoms with Crippen LogP contribution in [-0.2, 0) is 14.9 Å². The Labute approximate surface area is 136 Å². The second kappa shape index (κ2) is 6.87. The monoisotopic (exact) mass is 335 g/mol. The maximum absolute atomic E-state index is 12.7. The van der Waals surface area contributed by atoms with Crippen molar-refractivity contribution >= 4 is 16.0 Å². The van der Waals surface area contributed by atoms with Gasteiger partial charge in [-0.05, 0) is 31.1 Å². The third-order valence-corrected chi connectivity index (χ3v) is 5.08. The minimum Gasteiger partial charge on any atom is -0.350 e. The molecule has 0 aromatic heterocycles. The molecule has 6 heteroatoms. The van der Waals surface area contributed by atoms with Crippen molar-refractivity contribution in [3.63, 3.8) is 0 Å². The lowest BCUT2D eigenvalue weighted by molar-refractivity contribution is -0.131. The van der Waals surface area contributed by atoms with Crippen LogP contribution in [0.25, 0.3) is 0 Å². The molecule has 0 aliphatic heterocycles. The smallest absolute Gasteiger partial charge is 0.267 e. The fourth-order valence-corrected chi connectivity index (χ4v) is 3.48. The highest BCUT2D eigenvalue weighted by Gasteiger charge is 2.39. The Morgan fingerprint density at radius 2 is 1.55 bits per heavy atom. The highest BCUT2D eigenvalue weighted by atomic mass is 32.2. The minimum atomic E-state index is -4.14. The van der Waals surface area contributed by atoms with Gasteiger partial charge in [-0.2, -0.15) is 8.42 Å². The summed E-state index contributed by atoms with van der Waals surface area (Å²) in [4.78, 5) is 12.7. The van der Waals surface area contributed by atoms with Crippen LogP contribution in [0.15, 0.2) is 0 Å². The molecule has 0 aromatic rings. The van der Waals surface area contributed by atoms with Crippen LogP contribution in [0.5, 0.6) is 0 Å². The third kappa shape index (κ3) is 8.13. The summed E-state index contributed by atoms with van der Waals surface area (Å²) in [5.74, 6) is -0.880. The summed E-state index contributed by atoms with van der Waals surface area (Å²) in [5, 5.41) is 2.80. The van der Waals surface area contributed by atoms with E-state index in [0.717, 1.165) is 6.42 Å². The maximum atomic E-state index is 12.7. The van der Waals surface area contributed by atoms with E-state index in [1.807, 2.05) is 6.92 Å². The largest absolute Gasteiger partial charge is 0.350 e. The maximum Gasteiger partial charge on any atom is 0.267 e. The third-order valence-electron chi connectivity index (χ3n) is 3.99. The topological polar surface area (TPSA) is 83.5 Å². The first kappa shape index (κ1) is 21.4. The standard InChI is InChI=1S/C16H33NO4S/c1-9-15(5,6)12(10-14(2,3)4)13(18)17-16(7,8)11-22(19,20)21/h12H,9-11H2,1-8H3,(H,17,18)(H,19,20,21). The zero-order chi connectivity index (χ0) is 18.0. The highest BCUT2D eigenvalue weighted by Crippen LogP contribution is 2.39. The molecule has 0 fully saturated rings. The predicted molar refractivity (Wildman–Crippen MR) is 90.3 cm³/mol. The fourth-order valence-electron chi connectivity index (χ4n) is 2.50. The zero-order valence-corrected chi connectivity index (χ0v) is 16.1. The Kier molecular flexibility index (Phi) is 6.68. The molecule has 0 aromatic carbocycles. The minimum absolute atomic E-state index is 0.0123. The number of nitrogens with one attached hydrogen (secondary N) is 1. The molecular formula is C16H33NO4S. The van der Waals surface area contributed by atoms with Crippen LogP contribution in [0.4, 0.5) is 0 Å². The number of rotatable bonds is 7. The summed E-state index contributed by atoms with van der Waals surface area (Å²) < 4.78 is 31.2. The van der Waals surface area contributed by atoms with Gasteiger partial charge in [0.15, 0.2) is 0 Å². The van der Waals surface area contributed by atoms with Crippen molar-refractivity contribution in [2.24, 2.45) is 16.7 Å². The van der Waals surface area contributed by atoms with Gasteiger partial charge in [0.2, 0.25) is 5.91 Å². The van der Waals surface area contributed by atoms with Gasteiger partial charge in [0.25, 0.3) is 10.1 Å². The van der Waals surface area contributed by atoms with Crippen LogP contribution in [0.1, 0.15) is 68.2 Å². The lowest BCUT2D eigenvalue weighted by Crippen LogP contribution is -2.52. The van der Waals surface area contributed by atoms with Gasteiger partial charge in [-0.1, -0.05) is 48.0 Å². The number of amides is 1. The SMILES string of the molecule is CCC(C)(C)C(CC(C)(C)C)C(=O)NC(C)(C)CS(=O)(=O)O. The predicted octanol–water partition coefficient (Wildman–Crippen LogP) is 3.26. The fraction of sp³-hybridized carbons (Fsp3) is 0.938. The van der Waals surface area contributed by atoms with E-state index in [9.17, 15) is 13.2 Å².